The number of carbonyl (C=O) groups is 1. The summed E-state index contributed by atoms with van der Waals surface area (Å²) < 4.78 is 0. The Morgan fingerprint density at radius 1 is 1.05 bits per heavy atom. The van der Waals surface area contributed by atoms with E-state index >= 15 is 0 Å². The third kappa shape index (κ3) is 4.26. The Balaban J connectivity index is 1.99. The number of benzene rings is 2. The molecule has 0 saturated heterocycles. The van der Waals surface area contributed by atoms with E-state index in [1.807, 2.05) is 31.3 Å². The standard InChI is InChI=1S/C15H16ClN3O/c1-17-10-11-4-2-6-13(8-11)18-15(20)19-14-7-3-5-12(16)9-14/h2-9,17H,10H2,1H3,(H2,18,19,20). The van der Waals surface area contributed by atoms with Crippen LogP contribution in [-0.2, 0) is 6.54 Å². The molecule has 0 saturated carbocycles. The lowest BCUT2D eigenvalue weighted by Crippen LogP contribution is -2.19. The normalized spacial score (nSPS) is 10.1. The summed E-state index contributed by atoms with van der Waals surface area (Å²) in [5.74, 6) is 0. The maximum atomic E-state index is 11.9. The van der Waals surface area contributed by atoms with Crippen LogP contribution < -0.4 is 16.0 Å². The molecule has 0 heterocycles. The van der Waals surface area contributed by atoms with E-state index in [1.54, 1.807) is 24.3 Å². The Kier molecular flexibility index (Phi) is 4.98. The predicted molar refractivity (Wildman–Crippen MR) is 83.3 cm³/mol. The molecule has 0 aliphatic carbocycles. The van der Waals surface area contributed by atoms with Crippen LogP contribution in [0.2, 0.25) is 5.02 Å². The molecule has 0 atom stereocenters. The third-order valence-corrected chi connectivity index (χ3v) is 2.88. The summed E-state index contributed by atoms with van der Waals surface area (Å²) in [6, 6.07) is 14.4. The number of amides is 2. The summed E-state index contributed by atoms with van der Waals surface area (Å²) >= 11 is 5.87. The molecule has 0 unspecified atom stereocenters. The lowest BCUT2D eigenvalue weighted by atomic mass is 10.2. The van der Waals surface area contributed by atoms with E-state index in [2.05, 4.69) is 16.0 Å². The fourth-order valence-electron chi connectivity index (χ4n) is 1.82. The molecule has 2 aromatic carbocycles. The highest BCUT2D eigenvalue weighted by Crippen LogP contribution is 2.16. The first-order chi connectivity index (χ1) is 9.67. The largest absolute Gasteiger partial charge is 0.323 e. The number of anilines is 2. The van der Waals surface area contributed by atoms with Gasteiger partial charge in [-0.1, -0.05) is 29.8 Å². The molecule has 4 nitrogen and oxygen atoms in total. The smallest absolute Gasteiger partial charge is 0.316 e. The molecule has 0 aromatic heterocycles. The Labute approximate surface area is 123 Å². The molecular weight excluding hydrogens is 274 g/mol. The molecule has 0 bridgehead atoms. The zero-order valence-electron chi connectivity index (χ0n) is 11.1. The Morgan fingerprint density at radius 3 is 2.35 bits per heavy atom. The third-order valence-electron chi connectivity index (χ3n) is 2.65. The number of urea groups is 1. The van der Waals surface area contributed by atoms with Crippen LogP contribution in [0.4, 0.5) is 16.2 Å². The van der Waals surface area contributed by atoms with Crippen molar-refractivity contribution in [1.82, 2.24) is 5.32 Å². The molecule has 0 spiro atoms. The lowest BCUT2D eigenvalue weighted by Gasteiger charge is -2.09. The van der Waals surface area contributed by atoms with Gasteiger partial charge in [0.1, 0.15) is 0 Å². The minimum atomic E-state index is -0.297. The van der Waals surface area contributed by atoms with Crippen molar-refractivity contribution in [2.45, 2.75) is 6.54 Å². The molecule has 3 N–H and O–H groups in total. The molecule has 5 heteroatoms. The SMILES string of the molecule is CNCc1cccc(NC(=O)Nc2cccc(Cl)c2)c1. The van der Waals surface area contributed by atoms with Gasteiger partial charge in [0.05, 0.1) is 0 Å². The summed E-state index contributed by atoms with van der Waals surface area (Å²) in [4.78, 5) is 11.9. The van der Waals surface area contributed by atoms with Gasteiger partial charge in [-0.15, -0.1) is 0 Å². The van der Waals surface area contributed by atoms with Crippen LogP contribution in [0.3, 0.4) is 0 Å². The minimum absolute atomic E-state index is 0.297. The zero-order valence-corrected chi connectivity index (χ0v) is 11.9. The van der Waals surface area contributed by atoms with Crippen molar-refractivity contribution < 1.29 is 4.79 Å². The topological polar surface area (TPSA) is 53.2 Å². The maximum absolute atomic E-state index is 11.9. The lowest BCUT2D eigenvalue weighted by molar-refractivity contribution is 0.262. The number of nitrogens with one attached hydrogen (secondary N) is 3. The van der Waals surface area contributed by atoms with Crippen LogP contribution in [0.25, 0.3) is 0 Å². The zero-order chi connectivity index (χ0) is 14.4. The minimum Gasteiger partial charge on any atom is -0.316 e. The van der Waals surface area contributed by atoms with Crippen molar-refractivity contribution >= 4 is 29.0 Å². The summed E-state index contributed by atoms with van der Waals surface area (Å²) in [5, 5.41) is 9.17. The highest BCUT2D eigenvalue weighted by Gasteiger charge is 2.03. The Bertz CT molecular complexity index is 601. The van der Waals surface area contributed by atoms with Gasteiger partial charge in [-0.2, -0.15) is 0 Å². The van der Waals surface area contributed by atoms with E-state index in [1.165, 1.54) is 0 Å². The van der Waals surface area contributed by atoms with Crippen molar-refractivity contribution in [1.29, 1.82) is 0 Å². The molecular formula is C15H16ClN3O. The summed E-state index contributed by atoms with van der Waals surface area (Å²) in [6.45, 7) is 0.755. The fourth-order valence-corrected chi connectivity index (χ4v) is 2.01. The molecule has 2 rings (SSSR count). The van der Waals surface area contributed by atoms with Gasteiger partial charge in [0.2, 0.25) is 0 Å². The molecule has 0 radical (unpaired) electrons. The molecule has 20 heavy (non-hydrogen) atoms. The van der Waals surface area contributed by atoms with Gasteiger partial charge in [-0.05, 0) is 42.9 Å². The van der Waals surface area contributed by atoms with E-state index in [0.717, 1.165) is 17.8 Å². The van der Waals surface area contributed by atoms with Crippen LogP contribution in [-0.4, -0.2) is 13.1 Å². The van der Waals surface area contributed by atoms with Gasteiger partial charge < -0.3 is 16.0 Å². The second kappa shape index (κ2) is 6.93. The van der Waals surface area contributed by atoms with E-state index in [9.17, 15) is 4.79 Å². The predicted octanol–water partition coefficient (Wildman–Crippen LogP) is 3.70. The van der Waals surface area contributed by atoms with Gasteiger partial charge >= 0.3 is 6.03 Å². The van der Waals surface area contributed by atoms with Crippen LogP contribution >= 0.6 is 11.6 Å². The van der Waals surface area contributed by atoms with E-state index in [-0.39, 0.29) is 6.03 Å². The second-order valence-electron chi connectivity index (χ2n) is 4.32. The van der Waals surface area contributed by atoms with Gasteiger partial charge in [0.15, 0.2) is 0 Å². The van der Waals surface area contributed by atoms with Crippen LogP contribution in [0.1, 0.15) is 5.56 Å². The van der Waals surface area contributed by atoms with Gasteiger partial charge in [-0.25, -0.2) is 4.79 Å². The van der Waals surface area contributed by atoms with E-state index < -0.39 is 0 Å². The average molecular weight is 290 g/mol. The monoisotopic (exact) mass is 289 g/mol. The Morgan fingerprint density at radius 2 is 1.70 bits per heavy atom. The van der Waals surface area contributed by atoms with Crippen molar-refractivity contribution in [2.24, 2.45) is 0 Å². The fraction of sp³-hybridized carbons (Fsp3) is 0.133. The highest BCUT2D eigenvalue weighted by atomic mass is 35.5. The summed E-state index contributed by atoms with van der Waals surface area (Å²) in [6.07, 6.45) is 0. The summed E-state index contributed by atoms with van der Waals surface area (Å²) in [5.41, 5.74) is 2.51. The molecule has 0 fully saturated rings. The van der Waals surface area contributed by atoms with Crippen molar-refractivity contribution in [2.75, 3.05) is 17.7 Å². The van der Waals surface area contributed by atoms with Gasteiger partial charge in [0, 0.05) is 22.9 Å². The van der Waals surface area contributed by atoms with Crippen LogP contribution in [0.5, 0.6) is 0 Å². The van der Waals surface area contributed by atoms with E-state index in [4.69, 9.17) is 11.6 Å². The molecule has 2 aromatic rings. The average Bonchev–Trinajstić information content (AvgIpc) is 2.39. The number of rotatable bonds is 4. The van der Waals surface area contributed by atoms with Crippen molar-refractivity contribution in [3.05, 3.63) is 59.1 Å². The second-order valence-corrected chi connectivity index (χ2v) is 4.76. The maximum Gasteiger partial charge on any atom is 0.323 e. The molecule has 0 aliphatic rings. The first-order valence-corrected chi connectivity index (χ1v) is 6.62. The number of hydrogen-bond donors (Lipinski definition) is 3. The molecule has 2 amide bonds. The van der Waals surface area contributed by atoms with Gasteiger partial charge in [0.25, 0.3) is 0 Å². The number of halogens is 1. The summed E-state index contributed by atoms with van der Waals surface area (Å²) in [7, 11) is 1.88. The van der Waals surface area contributed by atoms with Gasteiger partial charge in [-0.3, -0.25) is 0 Å². The first kappa shape index (κ1) is 14.4. The number of carbonyl (C=O) groups excluding carboxylic acids is 1. The van der Waals surface area contributed by atoms with Crippen LogP contribution in [0.15, 0.2) is 48.5 Å². The van der Waals surface area contributed by atoms with E-state index in [0.29, 0.717) is 10.7 Å². The Hall–Kier alpha value is -2.04. The van der Waals surface area contributed by atoms with Crippen molar-refractivity contribution in [3.63, 3.8) is 0 Å². The highest BCUT2D eigenvalue weighted by molar-refractivity contribution is 6.30. The number of hydrogen-bond acceptors (Lipinski definition) is 2. The molecule has 0 aliphatic heterocycles. The quantitative estimate of drug-likeness (QED) is 0.804. The van der Waals surface area contributed by atoms with Crippen molar-refractivity contribution in [3.8, 4) is 0 Å². The van der Waals surface area contributed by atoms with Crippen LogP contribution in [0, 0.1) is 0 Å². The first-order valence-electron chi connectivity index (χ1n) is 6.24. The molecule has 104 valence electrons.